The molecule has 0 aromatic rings. The minimum atomic E-state index is 0.100. The lowest BCUT2D eigenvalue weighted by atomic mass is 9.96. The first-order chi connectivity index (χ1) is 9.94. The Balaban J connectivity index is 1.62. The summed E-state index contributed by atoms with van der Waals surface area (Å²) in [6.07, 6.45) is 5.76. The Kier molecular flexibility index (Phi) is 6.06. The van der Waals surface area contributed by atoms with Crippen molar-refractivity contribution in [2.24, 2.45) is 5.92 Å². The van der Waals surface area contributed by atoms with Gasteiger partial charge in [0, 0.05) is 38.1 Å². The minimum Gasteiger partial charge on any atom is -0.343 e. The molecule has 0 aromatic heterocycles. The maximum absolute atomic E-state index is 12.2. The first-order valence-electron chi connectivity index (χ1n) is 8.69. The first kappa shape index (κ1) is 16.8. The molecule has 2 aliphatic heterocycles. The first-order valence-corrected chi connectivity index (χ1v) is 8.69. The summed E-state index contributed by atoms with van der Waals surface area (Å²) in [5, 5.41) is 3.39. The molecule has 1 amide bonds. The Bertz CT molecular complexity index is 323. The topological polar surface area (TPSA) is 35.6 Å². The predicted molar refractivity (Wildman–Crippen MR) is 87.4 cm³/mol. The van der Waals surface area contributed by atoms with Crippen molar-refractivity contribution < 1.29 is 4.79 Å². The Hall–Kier alpha value is -0.610. The van der Waals surface area contributed by atoms with Gasteiger partial charge in [0.1, 0.15) is 0 Å². The summed E-state index contributed by atoms with van der Waals surface area (Å²) in [6, 6.07) is 0. The number of hydrogen-bond donors (Lipinski definition) is 1. The van der Waals surface area contributed by atoms with Crippen molar-refractivity contribution in [1.29, 1.82) is 0 Å². The number of piperidine rings is 1. The number of carbonyl (C=O) groups is 1. The van der Waals surface area contributed by atoms with Crippen LogP contribution in [0.3, 0.4) is 0 Å². The zero-order valence-electron chi connectivity index (χ0n) is 14.2. The van der Waals surface area contributed by atoms with Crippen molar-refractivity contribution in [1.82, 2.24) is 15.1 Å². The molecule has 0 bridgehead atoms. The van der Waals surface area contributed by atoms with E-state index in [1.807, 2.05) is 0 Å². The van der Waals surface area contributed by atoms with Gasteiger partial charge in [0.25, 0.3) is 0 Å². The van der Waals surface area contributed by atoms with E-state index in [-0.39, 0.29) is 5.54 Å². The van der Waals surface area contributed by atoms with Crippen LogP contribution in [0.25, 0.3) is 0 Å². The third-order valence-corrected chi connectivity index (χ3v) is 4.68. The maximum Gasteiger partial charge on any atom is 0.223 e. The van der Waals surface area contributed by atoms with E-state index in [0.29, 0.717) is 12.3 Å². The lowest BCUT2D eigenvalue weighted by molar-refractivity contribution is -0.132. The van der Waals surface area contributed by atoms with E-state index < -0.39 is 0 Å². The molecule has 0 atom stereocenters. The lowest BCUT2D eigenvalue weighted by Gasteiger charge is -2.34. The maximum atomic E-state index is 12.2. The van der Waals surface area contributed by atoms with Crippen LogP contribution >= 0.6 is 0 Å². The monoisotopic (exact) mass is 295 g/mol. The zero-order chi connectivity index (χ0) is 15.3. The van der Waals surface area contributed by atoms with Gasteiger partial charge in [0.05, 0.1) is 0 Å². The third kappa shape index (κ3) is 5.95. The second-order valence-corrected chi connectivity index (χ2v) is 7.76. The van der Waals surface area contributed by atoms with E-state index in [1.165, 1.54) is 45.3 Å². The number of nitrogens with zero attached hydrogens (tertiary/aromatic N) is 2. The molecular weight excluding hydrogens is 262 g/mol. The fraction of sp³-hybridized carbons (Fsp3) is 0.941. The van der Waals surface area contributed by atoms with Gasteiger partial charge in [0.15, 0.2) is 0 Å². The Labute approximate surface area is 130 Å². The van der Waals surface area contributed by atoms with Gasteiger partial charge in [0.2, 0.25) is 5.91 Å². The zero-order valence-corrected chi connectivity index (χ0v) is 14.2. The molecule has 0 aromatic carbocycles. The molecule has 2 rings (SSSR count). The molecule has 0 unspecified atom stereocenters. The second-order valence-electron chi connectivity index (χ2n) is 7.76. The van der Waals surface area contributed by atoms with Gasteiger partial charge in [-0.2, -0.15) is 0 Å². The number of amides is 1. The van der Waals surface area contributed by atoms with Gasteiger partial charge in [-0.1, -0.05) is 0 Å². The summed E-state index contributed by atoms with van der Waals surface area (Å²) in [4.78, 5) is 16.9. The molecule has 1 N–H and O–H groups in total. The van der Waals surface area contributed by atoms with Crippen molar-refractivity contribution in [2.45, 2.75) is 58.4 Å². The van der Waals surface area contributed by atoms with Crippen LogP contribution in [0.4, 0.5) is 0 Å². The SMILES string of the molecule is CC(C)(C)NCCC(=O)N1CCC(CN2CCCC2)CC1. The molecule has 0 spiro atoms. The van der Waals surface area contributed by atoms with Crippen LogP contribution in [0.2, 0.25) is 0 Å². The summed E-state index contributed by atoms with van der Waals surface area (Å²) in [5.41, 5.74) is 0.100. The van der Waals surface area contributed by atoms with Crippen LogP contribution in [0.15, 0.2) is 0 Å². The molecule has 0 aliphatic carbocycles. The van der Waals surface area contributed by atoms with Crippen LogP contribution in [0.5, 0.6) is 0 Å². The molecular formula is C17H33N3O. The predicted octanol–water partition coefficient (Wildman–Crippen LogP) is 2.10. The lowest BCUT2D eigenvalue weighted by Crippen LogP contribution is -2.43. The van der Waals surface area contributed by atoms with Gasteiger partial charge in [-0.05, 0) is 65.5 Å². The number of carbonyl (C=O) groups excluding carboxylic acids is 1. The Morgan fingerprint density at radius 2 is 1.71 bits per heavy atom. The average molecular weight is 295 g/mol. The minimum absolute atomic E-state index is 0.100. The number of nitrogens with one attached hydrogen (secondary N) is 1. The fourth-order valence-corrected chi connectivity index (χ4v) is 3.40. The number of likely N-dealkylation sites (tertiary alicyclic amines) is 2. The highest BCUT2D eigenvalue weighted by atomic mass is 16.2. The normalized spacial score (nSPS) is 22.0. The van der Waals surface area contributed by atoms with Crippen LogP contribution in [0, 0.1) is 5.92 Å². The van der Waals surface area contributed by atoms with Crippen molar-refractivity contribution in [3.63, 3.8) is 0 Å². The van der Waals surface area contributed by atoms with Crippen LogP contribution in [-0.2, 0) is 4.79 Å². The summed E-state index contributed by atoms with van der Waals surface area (Å²) in [6.45, 7) is 13.0. The Morgan fingerprint density at radius 1 is 1.10 bits per heavy atom. The van der Waals surface area contributed by atoms with Gasteiger partial charge >= 0.3 is 0 Å². The molecule has 2 heterocycles. The van der Waals surface area contributed by atoms with Crippen molar-refractivity contribution in [3.05, 3.63) is 0 Å². The highest BCUT2D eigenvalue weighted by Gasteiger charge is 2.25. The van der Waals surface area contributed by atoms with Gasteiger partial charge in [-0.15, -0.1) is 0 Å². The molecule has 2 fully saturated rings. The van der Waals surface area contributed by atoms with Crippen molar-refractivity contribution in [3.8, 4) is 0 Å². The second kappa shape index (κ2) is 7.59. The molecule has 4 heteroatoms. The van der Waals surface area contributed by atoms with E-state index in [4.69, 9.17) is 0 Å². The van der Waals surface area contributed by atoms with Gasteiger partial charge in [-0.3, -0.25) is 4.79 Å². The van der Waals surface area contributed by atoms with E-state index in [0.717, 1.165) is 25.6 Å². The molecule has 122 valence electrons. The third-order valence-electron chi connectivity index (χ3n) is 4.68. The van der Waals surface area contributed by atoms with Gasteiger partial charge in [-0.25, -0.2) is 0 Å². The van der Waals surface area contributed by atoms with E-state index in [9.17, 15) is 4.79 Å². The Morgan fingerprint density at radius 3 is 2.29 bits per heavy atom. The summed E-state index contributed by atoms with van der Waals surface area (Å²) < 4.78 is 0. The standard InChI is InChI=1S/C17H33N3O/c1-17(2,3)18-9-6-16(21)20-12-7-15(8-13-20)14-19-10-4-5-11-19/h15,18H,4-14H2,1-3H3. The molecule has 0 saturated carbocycles. The molecule has 4 nitrogen and oxygen atoms in total. The molecule has 21 heavy (non-hydrogen) atoms. The highest BCUT2D eigenvalue weighted by molar-refractivity contribution is 5.76. The molecule has 2 aliphatic rings. The van der Waals surface area contributed by atoms with E-state index >= 15 is 0 Å². The quantitative estimate of drug-likeness (QED) is 0.844. The van der Waals surface area contributed by atoms with Crippen LogP contribution in [0.1, 0.15) is 52.9 Å². The van der Waals surface area contributed by atoms with E-state index in [1.54, 1.807) is 0 Å². The highest BCUT2D eigenvalue weighted by Crippen LogP contribution is 2.21. The number of hydrogen-bond acceptors (Lipinski definition) is 3. The van der Waals surface area contributed by atoms with Crippen LogP contribution < -0.4 is 5.32 Å². The van der Waals surface area contributed by atoms with Crippen molar-refractivity contribution in [2.75, 3.05) is 39.3 Å². The van der Waals surface area contributed by atoms with Gasteiger partial charge < -0.3 is 15.1 Å². The molecule has 2 saturated heterocycles. The number of rotatable bonds is 5. The average Bonchev–Trinajstić information content (AvgIpc) is 2.91. The molecule has 0 radical (unpaired) electrons. The summed E-state index contributed by atoms with van der Waals surface area (Å²) in [7, 11) is 0. The largest absolute Gasteiger partial charge is 0.343 e. The van der Waals surface area contributed by atoms with Crippen LogP contribution in [-0.4, -0.2) is 60.5 Å². The summed E-state index contributed by atoms with van der Waals surface area (Å²) >= 11 is 0. The van der Waals surface area contributed by atoms with Crippen molar-refractivity contribution >= 4 is 5.91 Å². The summed E-state index contributed by atoms with van der Waals surface area (Å²) in [5.74, 6) is 1.13. The van der Waals surface area contributed by atoms with E-state index in [2.05, 4.69) is 35.9 Å². The smallest absolute Gasteiger partial charge is 0.223 e. The fourth-order valence-electron chi connectivity index (χ4n) is 3.40.